The van der Waals surface area contributed by atoms with Crippen molar-refractivity contribution in [1.82, 2.24) is 9.59 Å². The molecule has 1 heterocycles. The second kappa shape index (κ2) is 3.33. The molecular formula is C8H5BrN2S. The fourth-order valence-electron chi connectivity index (χ4n) is 0.941. The largest absolute Gasteiger partial charge is 0.149 e. The number of aromatic nitrogens is 2. The molecule has 0 N–H and O–H groups in total. The molecule has 60 valence electrons. The second-order valence-corrected chi connectivity index (χ2v) is 3.76. The van der Waals surface area contributed by atoms with Gasteiger partial charge in [0.05, 0.1) is 4.88 Å². The first-order chi connectivity index (χ1) is 5.88. The van der Waals surface area contributed by atoms with Gasteiger partial charge in [-0.05, 0) is 33.0 Å². The minimum atomic E-state index is 0.818. The number of nitrogens with zero attached hydrogens (tertiary/aromatic N) is 2. The first-order valence-corrected chi connectivity index (χ1v) is 4.98. The van der Waals surface area contributed by atoms with E-state index in [1.807, 2.05) is 30.3 Å². The summed E-state index contributed by atoms with van der Waals surface area (Å²) in [4.78, 5) is 1.08. The van der Waals surface area contributed by atoms with Crippen LogP contribution in [0.5, 0.6) is 0 Å². The van der Waals surface area contributed by atoms with E-state index in [9.17, 15) is 0 Å². The molecule has 0 radical (unpaired) electrons. The van der Waals surface area contributed by atoms with Gasteiger partial charge in [-0.3, -0.25) is 0 Å². The molecule has 0 amide bonds. The standard InChI is InChI=1S/C8H5BrN2S/c9-8-7(12-11-10-8)6-4-2-1-3-5-6/h1-5H. The molecule has 0 aliphatic heterocycles. The molecule has 0 saturated carbocycles. The van der Waals surface area contributed by atoms with Crippen LogP contribution in [-0.2, 0) is 0 Å². The molecule has 0 fully saturated rings. The summed E-state index contributed by atoms with van der Waals surface area (Å²) < 4.78 is 4.66. The van der Waals surface area contributed by atoms with Crippen LogP contribution in [0.4, 0.5) is 0 Å². The zero-order chi connectivity index (χ0) is 8.39. The minimum Gasteiger partial charge on any atom is -0.130 e. The van der Waals surface area contributed by atoms with Crippen molar-refractivity contribution < 1.29 is 0 Å². The maximum atomic E-state index is 3.88. The predicted molar refractivity (Wildman–Crippen MR) is 53.0 cm³/mol. The quantitative estimate of drug-likeness (QED) is 0.767. The van der Waals surface area contributed by atoms with E-state index in [2.05, 4.69) is 25.5 Å². The van der Waals surface area contributed by atoms with Crippen LogP contribution < -0.4 is 0 Å². The van der Waals surface area contributed by atoms with E-state index in [0.29, 0.717) is 0 Å². The monoisotopic (exact) mass is 240 g/mol. The van der Waals surface area contributed by atoms with E-state index in [0.717, 1.165) is 15.0 Å². The molecule has 2 nitrogen and oxygen atoms in total. The maximum absolute atomic E-state index is 3.88. The van der Waals surface area contributed by atoms with Gasteiger partial charge in [0.15, 0.2) is 0 Å². The van der Waals surface area contributed by atoms with Gasteiger partial charge < -0.3 is 0 Å². The zero-order valence-corrected chi connectivity index (χ0v) is 8.47. The highest BCUT2D eigenvalue weighted by molar-refractivity contribution is 9.10. The van der Waals surface area contributed by atoms with Crippen LogP contribution in [0.3, 0.4) is 0 Å². The number of halogens is 1. The van der Waals surface area contributed by atoms with Gasteiger partial charge in [-0.15, -0.1) is 5.10 Å². The molecule has 4 heteroatoms. The van der Waals surface area contributed by atoms with Crippen molar-refractivity contribution in [2.24, 2.45) is 0 Å². The average Bonchev–Trinajstić information content (AvgIpc) is 2.53. The summed E-state index contributed by atoms with van der Waals surface area (Å²) in [6.45, 7) is 0. The summed E-state index contributed by atoms with van der Waals surface area (Å²) in [6.07, 6.45) is 0. The molecule has 2 rings (SSSR count). The highest BCUT2D eigenvalue weighted by Crippen LogP contribution is 2.28. The lowest BCUT2D eigenvalue weighted by atomic mass is 10.2. The Balaban J connectivity index is 2.51. The van der Waals surface area contributed by atoms with Crippen molar-refractivity contribution in [2.45, 2.75) is 0 Å². The molecule has 0 aliphatic rings. The number of hydrogen-bond donors (Lipinski definition) is 0. The molecule has 0 aliphatic carbocycles. The number of rotatable bonds is 1. The van der Waals surface area contributed by atoms with Gasteiger partial charge in [-0.25, -0.2) is 0 Å². The van der Waals surface area contributed by atoms with Crippen LogP contribution in [0.25, 0.3) is 10.4 Å². The van der Waals surface area contributed by atoms with Crippen molar-refractivity contribution in [3.63, 3.8) is 0 Å². The Hall–Kier alpha value is -0.740. The Morgan fingerprint density at radius 1 is 1.17 bits per heavy atom. The SMILES string of the molecule is Brc1nnsc1-c1ccccc1. The molecule has 1 aromatic carbocycles. The zero-order valence-electron chi connectivity index (χ0n) is 6.07. The van der Waals surface area contributed by atoms with Gasteiger partial charge in [0.2, 0.25) is 0 Å². The van der Waals surface area contributed by atoms with Gasteiger partial charge >= 0.3 is 0 Å². The van der Waals surface area contributed by atoms with Crippen molar-refractivity contribution >= 4 is 27.5 Å². The second-order valence-electron chi connectivity index (χ2n) is 2.26. The molecule has 1 aromatic heterocycles. The van der Waals surface area contributed by atoms with E-state index in [-0.39, 0.29) is 0 Å². The lowest BCUT2D eigenvalue weighted by molar-refractivity contribution is 1.13. The van der Waals surface area contributed by atoms with E-state index in [4.69, 9.17) is 0 Å². The number of hydrogen-bond acceptors (Lipinski definition) is 3. The molecule has 0 atom stereocenters. The van der Waals surface area contributed by atoms with Crippen LogP contribution in [0, 0.1) is 0 Å². The first-order valence-electron chi connectivity index (χ1n) is 3.41. The highest BCUT2D eigenvalue weighted by Gasteiger charge is 2.05. The predicted octanol–water partition coefficient (Wildman–Crippen LogP) is 2.97. The van der Waals surface area contributed by atoms with Gasteiger partial charge in [-0.1, -0.05) is 34.8 Å². The average molecular weight is 241 g/mol. The van der Waals surface area contributed by atoms with Gasteiger partial charge in [0.1, 0.15) is 4.60 Å². The Kier molecular flexibility index (Phi) is 2.19. The maximum Gasteiger partial charge on any atom is 0.149 e. The summed E-state index contributed by atoms with van der Waals surface area (Å²) in [5, 5.41) is 3.88. The summed E-state index contributed by atoms with van der Waals surface area (Å²) >= 11 is 4.73. The molecule has 0 spiro atoms. The van der Waals surface area contributed by atoms with Crippen LogP contribution in [0.2, 0.25) is 0 Å². The molecule has 0 bridgehead atoms. The van der Waals surface area contributed by atoms with E-state index in [1.54, 1.807) is 0 Å². The third-order valence-electron chi connectivity index (χ3n) is 1.48. The topological polar surface area (TPSA) is 25.8 Å². The molecule has 12 heavy (non-hydrogen) atoms. The minimum absolute atomic E-state index is 0.818. The third-order valence-corrected chi connectivity index (χ3v) is 3.08. The fraction of sp³-hybridized carbons (Fsp3) is 0. The first kappa shape index (κ1) is 7.89. The fourth-order valence-corrected chi connectivity index (χ4v) is 2.13. The summed E-state index contributed by atoms with van der Waals surface area (Å²) in [5.41, 5.74) is 1.15. The summed E-state index contributed by atoms with van der Waals surface area (Å²) in [7, 11) is 0. The molecule has 0 unspecified atom stereocenters. The Labute approximate surface area is 82.5 Å². The molecule has 0 saturated heterocycles. The Morgan fingerprint density at radius 3 is 2.50 bits per heavy atom. The Bertz CT molecular complexity index is 372. The number of benzene rings is 1. The van der Waals surface area contributed by atoms with Crippen molar-refractivity contribution in [3.8, 4) is 10.4 Å². The normalized spacial score (nSPS) is 10.1. The summed E-state index contributed by atoms with van der Waals surface area (Å²) in [5.74, 6) is 0. The van der Waals surface area contributed by atoms with Crippen molar-refractivity contribution in [2.75, 3.05) is 0 Å². The Morgan fingerprint density at radius 2 is 1.92 bits per heavy atom. The van der Waals surface area contributed by atoms with Gasteiger partial charge in [0.25, 0.3) is 0 Å². The lowest BCUT2D eigenvalue weighted by Gasteiger charge is -1.93. The van der Waals surface area contributed by atoms with Crippen LogP contribution in [0.1, 0.15) is 0 Å². The van der Waals surface area contributed by atoms with Crippen LogP contribution in [-0.4, -0.2) is 9.59 Å². The third kappa shape index (κ3) is 1.40. The summed E-state index contributed by atoms with van der Waals surface area (Å²) in [6, 6.07) is 10.1. The van der Waals surface area contributed by atoms with Gasteiger partial charge in [0, 0.05) is 0 Å². The lowest BCUT2D eigenvalue weighted by Crippen LogP contribution is -1.71. The van der Waals surface area contributed by atoms with E-state index in [1.165, 1.54) is 11.5 Å². The van der Waals surface area contributed by atoms with Crippen LogP contribution >= 0.6 is 27.5 Å². The van der Waals surface area contributed by atoms with Crippen LogP contribution in [0.15, 0.2) is 34.9 Å². The van der Waals surface area contributed by atoms with E-state index >= 15 is 0 Å². The van der Waals surface area contributed by atoms with Crippen molar-refractivity contribution in [3.05, 3.63) is 34.9 Å². The van der Waals surface area contributed by atoms with E-state index < -0.39 is 0 Å². The molecular weight excluding hydrogens is 236 g/mol. The molecule has 2 aromatic rings. The highest BCUT2D eigenvalue weighted by atomic mass is 79.9. The van der Waals surface area contributed by atoms with Gasteiger partial charge in [-0.2, -0.15) is 0 Å². The smallest absolute Gasteiger partial charge is 0.130 e. The van der Waals surface area contributed by atoms with Crippen molar-refractivity contribution in [1.29, 1.82) is 0 Å².